The molecule has 0 aromatic heterocycles. The molecule has 13 heavy (non-hydrogen) atoms. The van der Waals surface area contributed by atoms with Crippen molar-refractivity contribution in [3.05, 3.63) is 0 Å². The van der Waals surface area contributed by atoms with E-state index in [1.54, 1.807) is 0 Å². The Bertz CT molecular complexity index is 185. The number of carboxylic acid groups (broad SMARTS) is 1. The van der Waals surface area contributed by atoms with Gasteiger partial charge in [0.1, 0.15) is 5.60 Å². The van der Waals surface area contributed by atoms with Crippen LogP contribution in [0.4, 0.5) is 4.79 Å². The average Bonchev–Trinajstić information content (AvgIpc) is 2.04. The summed E-state index contributed by atoms with van der Waals surface area (Å²) in [7, 11) is 0. The Labute approximate surface area is 92.0 Å². The summed E-state index contributed by atoms with van der Waals surface area (Å²) < 4.78 is 5.30. The molecule has 4 heteroatoms. The summed E-state index contributed by atoms with van der Waals surface area (Å²) in [6, 6.07) is 0. The van der Waals surface area contributed by atoms with E-state index >= 15 is 0 Å². The lowest BCUT2D eigenvalue weighted by atomic mass is 9.83. The molecule has 0 heterocycles. The first-order valence-corrected chi connectivity index (χ1v) is 5.87. The molecule has 1 N–H and O–H groups in total. The van der Waals surface area contributed by atoms with E-state index in [9.17, 15) is 4.79 Å². The van der Waals surface area contributed by atoms with E-state index in [1.807, 2.05) is 6.92 Å². The number of hydrogen-bond donors (Lipinski definition) is 1. The first kappa shape index (κ1) is 11.1. The van der Waals surface area contributed by atoms with Gasteiger partial charge in [0.05, 0.1) is 0 Å². The van der Waals surface area contributed by atoms with Crippen LogP contribution in [-0.4, -0.2) is 20.8 Å². The van der Waals surface area contributed by atoms with Crippen LogP contribution in [0, 0.1) is 0 Å². The molecule has 0 aliphatic heterocycles. The Morgan fingerprint density at radius 2 is 2.00 bits per heavy atom. The zero-order chi connectivity index (χ0) is 9.90. The van der Waals surface area contributed by atoms with E-state index < -0.39 is 11.8 Å². The monoisotopic (exact) mass is 298 g/mol. The molecule has 1 fully saturated rings. The van der Waals surface area contributed by atoms with Crippen molar-refractivity contribution in [2.45, 2.75) is 48.6 Å². The minimum Gasteiger partial charge on any atom is -0.450 e. The highest BCUT2D eigenvalue weighted by molar-refractivity contribution is 14.1. The highest BCUT2D eigenvalue weighted by atomic mass is 127. The number of carbonyl (C=O) groups is 1. The van der Waals surface area contributed by atoms with Gasteiger partial charge in [-0.2, -0.15) is 0 Å². The summed E-state index contributed by atoms with van der Waals surface area (Å²) in [4.78, 5) is 10.6. The fourth-order valence-corrected chi connectivity index (χ4v) is 2.66. The normalized spacial score (nSPS) is 23.5. The summed E-state index contributed by atoms with van der Waals surface area (Å²) in [5, 5.41) is 8.65. The van der Waals surface area contributed by atoms with Crippen molar-refractivity contribution >= 4 is 28.7 Å². The van der Waals surface area contributed by atoms with Gasteiger partial charge in [-0.25, -0.2) is 4.79 Å². The standard InChI is InChI=1S/C9H15IO3/c1-7(10)9(13-8(11)12)5-3-2-4-6-9/h7H,2-6H2,1H3,(H,11,12). The van der Waals surface area contributed by atoms with Gasteiger partial charge >= 0.3 is 6.16 Å². The molecule has 1 atom stereocenters. The maximum Gasteiger partial charge on any atom is 0.506 e. The smallest absolute Gasteiger partial charge is 0.450 e. The molecule has 0 aromatic rings. The largest absolute Gasteiger partial charge is 0.506 e. The van der Waals surface area contributed by atoms with Crippen LogP contribution in [0.3, 0.4) is 0 Å². The molecule has 3 nitrogen and oxygen atoms in total. The zero-order valence-electron chi connectivity index (χ0n) is 7.75. The van der Waals surface area contributed by atoms with Crippen molar-refractivity contribution in [1.82, 2.24) is 0 Å². The van der Waals surface area contributed by atoms with Crippen molar-refractivity contribution in [2.75, 3.05) is 0 Å². The second kappa shape index (κ2) is 4.48. The molecule has 0 aromatic carbocycles. The minimum atomic E-state index is -1.13. The number of rotatable bonds is 2. The molecule has 1 aliphatic carbocycles. The first-order valence-electron chi connectivity index (χ1n) is 4.63. The van der Waals surface area contributed by atoms with Crippen LogP contribution in [0.1, 0.15) is 39.0 Å². The molecule has 1 rings (SSSR count). The summed E-state index contributed by atoms with van der Waals surface area (Å²) in [5.74, 6) is 0. The highest BCUT2D eigenvalue weighted by Crippen LogP contribution is 2.37. The quantitative estimate of drug-likeness (QED) is 0.484. The Kier molecular flexibility index (Phi) is 3.82. The van der Waals surface area contributed by atoms with Gasteiger partial charge in [0.2, 0.25) is 0 Å². The van der Waals surface area contributed by atoms with Crippen molar-refractivity contribution < 1.29 is 14.6 Å². The predicted octanol–water partition coefficient (Wildman–Crippen LogP) is 3.21. The molecule has 1 unspecified atom stereocenters. The molecule has 0 saturated heterocycles. The highest BCUT2D eigenvalue weighted by Gasteiger charge is 2.40. The van der Waals surface area contributed by atoms with Crippen LogP contribution >= 0.6 is 22.6 Å². The van der Waals surface area contributed by atoms with E-state index in [0.717, 1.165) is 25.7 Å². The second-order valence-electron chi connectivity index (χ2n) is 3.61. The van der Waals surface area contributed by atoms with Crippen molar-refractivity contribution in [3.8, 4) is 0 Å². The fraction of sp³-hybridized carbons (Fsp3) is 0.889. The van der Waals surface area contributed by atoms with Gasteiger partial charge < -0.3 is 9.84 Å². The molecule has 76 valence electrons. The number of halogens is 1. The molecule has 0 amide bonds. The summed E-state index contributed by atoms with van der Waals surface area (Å²) in [5.41, 5.74) is -0.412. The summed E-state index contributed by atoms with van der Waals surface area (Å²) >= 11 is 2.26. The maximum absolute atomic E-state index is 10.6. The Morgan fingerprint density at radius 1 is 1.46 bits per heavy atom. The van der Waals surface area contributed by atoms with Crippen molar-refractivity contribution in [2.24, 2.45) is 0 Å². The van der Waals surface area contributed by atoms with E-state index in [0.29, 0.717) is 0 Å². The first-order chi connectivity index (χ1) is 6.07. The van der Waals surface area contributed by atoms with Crippen LogP contribution in [0.25, 0.3) is 0 Å². The molecule has 0 radical (unpaired) electrons. The second-order valence-corrected chi connectivity index (χ2v) is 5.48. The van der Waals surface area contributed by atoms with Gasteiger partial charge in [-0.1, -0.05) is 29.0 Å². The number of alkyl halides is 1. The average molecular weight is 298 g/mol. The Hall–Kier alpha value is 0. The molecule has 1 saturated carbocycles. The third kappa shape index (κ3) is 2.72. The molecular formula is C9H15IO3. The minimum absolute atomic E-state index is 0.251. The zero-order valence-corrected chi connectivity index (χ0v) is 9.91. The van der Waals surface area contributed by atoms with Gasteiger partial charge in [0.15, 0.2) is 0 Å². The van der Waals surface area contributed by atoms with Gasteiger partial charge in [-0.15, -0.1) is 0 Å². The van der Waals surface area contributed by atoms with Gasteiger partial charge in [-0.05, 0) is 32.6 Å². The van der Waals surface area contributed by atoms with E-state index in [-0.39, 0.29) is 3.92 Å². The lowest BCUT2D eigenvalue weighted by Crippen LogP contribution is -2.43. The summed E-state index contributed by atoms with van der Waals surface area (Å²) in [6.07, 6.45) is 3.99. The van der Waals surface area contributed by atoms with Crippen molar-refractivity contribution in [3.63, 3.8) is 0 Å². The van der Waals surface area contributed by atoms with Crippen LogP contribution in [-0.2, 0) is 4.74 Å². The third-order valence-electron chi connectivity index (χ3n) is 2.72. The van der Waals surface area contributed by atoms with Gasteiger partial charge in [-0.3, -0.25) is 0 Å². The topological polar surface area (TPSA) is 46.5 Å². The van der Waals surface area contributed by atoms with Crippen LogP contribution in [0.2, 0.25) is 0 Å². The third-order valence-corrected chi connectivity index (χ3v) is 3.85. The fourth-order valence-electron chi connectivity index (χ4n) is 1.91. The van der Waals surface area contributed by atoms with Crippen LogP contribution in [0.5, 0.6) is 0 Å². The van der Waals surface area contributed by atoms with Crippen LogP contribution in [0.15, 0.2) is 0 Å². The Morgan fingerprint density at radius 3 is 2.38 bits per heavy atom. The SMILES string of the molecule is CC(I)C1(OC(=O)O)CCCCC1. The van der Waals surface area contributed by atoms with E-state index in [1.165, 1.54) is 6.42 Å². The van der Waals surface area contributed by atoms with Crippen molar-refractivity contribution in [1.29, 1.82) is 0 Å². The van der Waals surface area contributed by atoms with E-state index in [2.05, 4.69) is 22.6 Å². The molecular weight excluding hydrogens is 283 g/mol. The molecule has 0 bridgehead atoms. The van der Waals surface area contributed by atoms with E-state index in [4.69, 9.17) is 9.84 Å². The predicted molar refractivity (Wildman–Crippen MR) is 58.4 cm³/mol. The lowest BCUT2D eigenvalue weighted by Gasteiger charge is -2.38. The summed E-state index contributed by atoms with van der Waals surface area (Å²) in [6.45, 7) is 2.02. The molecule has 1 aliphatic rings. The van der Waals surface area contributed by atoms with Crippen LogP contribution < -0.4 is 0 Å². The Balaban J connectivity index is 2.67. The number of hydrogen-bond acceptors (Lipinski definition) is 2. The van der Waals surface area contributed by atoms with Gasteiger partial charge in [0.25, 0.3) is 0 Å². The lowest BCUT2D eigenvalue weighted by molar-refractivity contribution is -0.0373. The molecule has 0 spiro atoms. The van der Waals surface area contributed by atoms with Gasteiger partial charge in [0, 0.05) is 3.92 Å². The maximum atomic E-state index is 10.6. The number of ether oxygens (including phenoxy) is 1.